The molecule has 1 N–H and O–H groups in total. The summed E-state index contributed by atoms with van der Waals surface area (Å²) in [5.74, 6) is -0.609. The maximum atomic E-state index is 13.4. The molecule has 1 amide bonds. The van der Waals surface area contributed by atoms with E-state index in [2.05, 4.69) is 5.32 Å². The number of allylic oxidation sites excluding steroid dienone is 1. The molecule has 1 aliphatic carbocycles. The van der Waals surface area contributed by atoms with E-state index in [-0.39, 0.29) is 39.1 Å². The largest absolute Gasteiger partial charge is 0.345 e. The van der Waals surface area contributed by atoms with Crippen LogP contribution in [0.4, 0.5) is 11.4 Å². The molecule has 0 heterocycles. The number of carbonyl (C=O) groups is 1. The Labute approximate surface area is 198 Å². The number of nitriles is 2. The number of rotatable bonds is 5. The van der Waals surface area contributed by atoms with Crippen LogP contribution in [-0.2, 0) is 0 Å². The van der Waals surface area contributed by atoms with Crippen molar-refractivity contribution in [3.05, 3.63) is 109 Å². The van der Waals surface area contributed by atoms with Crippen molar-refractivity contribution in [3.63, 3.8) is 0 Å². The zero-order chi connectivity index (χ0) is 25.3. The highest BCUT2D eigenvalue weighted by molar-refractivity contribution is 6.12. The van der Waals surface area contributed by atoms with Crippen LogP contribution in [0.5, 0.6) is 0 Å². The van der Waals surface area contributed by atoms with Gasteiger partial charge in [0.1, 0.15) is 17.7 Å². The molecular formula is C25H15N5O5. The van der Waals surface area contributed by atoms with Gasteiger partial charge < -0.3 is 5.32 Å². The van der Waals surface area contributed by atoms with E-state index < -0.39 is 27.5 Å². The molecule has 0 spiro atoms. The van der Waals surface area contributed by atoms with Crippen molar-refractivity contribution in [2.45, 2.75) is 13.0 Å². The summed E-state index contributed by atoms with van der Waals surface area (Å²) in [7, 11) is 0. The fourth-order valence-electron chi connectivity index (χ4n) is 4.12. The van der Waals surface area contributed by atoms with Gasteiger partial charge in [0.2, 0.25) is 0 Å². The average Bonchev–Trinajstić information content (AvgIpc) is 3.18. The molecule has 0 radical (unpaired) electrons. The number of nitro groups is 2. The van der Waals surface area contributed by atoms with E-state index in [9.17, 15) is 35.5 Å². The Kier molecular flexibility index (Phi) is 5.80. The minimum atomic E-state index is -0.681. The molecule has 0 saturated heterocycles. The Morgan fingerprint density at radius 2 is 1.51 bits per heavy atom. The van der Waals surface area contributed by atoms with Gasteiger partial charge in [0.25, 0.3) is 17.3 Å². The number of hydrogen-bond donors (Lipinski definition) is 1. The van der Waals surface area contributed by atoms with E-state index in [1.165, 1.54) is 24.3 Å². The van der Waals surface area contributed by atoms with Crippen molar-refractivity contribution in [1.29, 1.82) is 10.5 Å². The van der Waals surface area contributed by atoms with Gasteiger partial charge in [-0.1, -0.05) is 30.3 Å². The summed E-state index contributed by atoms with van der Waals surface area (Å²) in [5.41, 5.74) is 0.606. The van der Waals surface area contributed by atoms with Crippen molar-refractivity contribution >= 4 is 22.9 Å². The first-order valence-corrected chi connectivity index (χ1v) is 10.3. The SMILES string of the molecule is C[C@@H](NC(=O)c1cc([N+](=O)[O-])cc2c1-c1ccc([N+](=O)[O-])cc1C2=C(C#N)C#N)c1ccccc1. The predicted molar refractivity (Wildman–Crippen MR) is 125 cm³/mol. The lowest BCUT2D eigenvalue weighted by molar-refractivity contribution is -0.385. The summed E-state index contributed by atoms with van der Waals surface area (Å²) in [6.07, 6.45) is 0. The lowest BCUT2D eigenvalue weighted by Gasteiger charge is -2.16. The smallest absolute Gasteiger partial charge is 0.270 e. The quantitative estimate of drug-likeness (QED) is 0.251. The number of carbonyl (C=O) groups excluding carboxylic acids is 1. The van der Waals surface area contributed by atoms with Crippen LogP contribution in [0.3, 0.4) is 0 Å². The first-order chi connectivity index (χ1) is 16.8. The molecule has 35 heavy (non-hydrogen) atoms. The van der Waals surface area contributed by atoms with Gasteiger partial charge in [-0.05, 0) is 35.2 Å². The molecule has 0 unspecified atom stereocenters. The molecule has 1 atom stereocenters. The van der Waals surface area contributed by atoms with Gasteiger partial charge >= 0.3 is 0 Å². The molecule has 3 aromatic carbocycles. The maximum Gasteiger partial charge on any atom is 0.270 e. The number of non-ortho nitro benzene ring substituents is 2. The van der Waals surface area contributed by atoms with Crippen molar-refractivity contribution in [2.75, 3.05) is 0 Å². The van der Waals surface area contributed by atoms with Crippen LogP contribution < -0.4 is 5.32 Å². The van der Waals surface area contributed by atoms with Gasteiger partial charge in [-0.2, -0.15) is 10.5 Å². The number of fused-ring (bicyclic) bond motifs is 3. The number of amides is 1. The minimum Gasteiger partial charge on any atom is -0.345 e. The third-order valence-corrected chi connectivity index (χ3v) is 5.72. The molecule has 1 aliphatic rings. The zero-order valence-electron chi connectivity index (χ0n) is 18.2. The Balaban J connectivity index is 1.97. The Morgan fingerprint density at radius 3 is 2.11 bits per heavy atom. The second-order valence-electron chi connectivity index (χ2n) is 7.74. The highest BCUT2D eigenvalue weighted by Crippen LogP contribution is 2.49. The third-order valence-electron chi connectivity index (χ3n) is 5.72. The number of nitrogens with zero attached hydrogens (tertiary/aromatic N) is 4. The zero-order valence-corrected chi connectivity index (χ0v) is 18.2. The highest BCUT2D eigenvalue weighted by atomic mass is 16.6. The molecule has 3 aromatic rings. The number of nitro benzene ring substituents is 2. The first kappa shape index (κ1) is 22.8. The number of benzene rings is 3. The van der Waals surface area contributed by atoms with Gasteiger partial charge in [-0.25, -0.2) is 0 Å². The van der Waals surface area contributed by atoms with Crippen molar-refractivity contribution in [1.82, 2.24) is 5.32 Å². The van der Waals surface area contributed by atoms with Crippen LogP contribution in [0, 0.1) is 42.9 Å². The predicted octanol–water partition coefficient (Wildman–Crippen LogP) is 4.82. The summed E-state index contributed by atoms with van der Waals surface area (Å²) in [6, 6.07) is 18.3. The summed E-state index contributed by atoms with van der Waals surface area (Å²) < 4.78 is 0. The van der Waals surface area contributed by atoms with Crippen LogP contribution in [0.25, 0.3) is 16.7 Å². The highest BCUT2D eigenvalue weighted by Gasteiger charge is 2.34. The van der Waals surface area contributed by atoms with E-state index in [1.807, 2.05) is 30.3 Å². The van der Waals surface area contributed by atoms with Crippen LogP contribution >= 0.6 is 0 Å². The minimum absolute atomic E-state index is 0.0116. The fourth-order valence-corrected chi connectivity index (χ4v) is 4.12. The second kappa shape index (κ2) is 8.89. The number of nitrogens with one attached hydrogen (secondary N) is 1. The second-order valence-corrected chi connectivity index (χ2v) is 7.74. The van der Waals surface area contributed by atoms with E-state index >= 15 is 0 Å². The lowest BCUT2D eigenvalue weighted by atomic mass is 9.95. The molecular weight excluding hydrogens is 450 g/mol. The van der Waals surface area contributed by atoms with Crippen molar-refractivity contribution < 1.29 is 14.6 Å². The molecule has 0 aromatic heterocycles. The van der Waals surface area contributed by atoms with Gasteiger partial charge in [-0.15, -0.1) is 0 Å². The van der Waals surface area contributed by atoms with Gasteiger partial charge in [0.15, 0.2) is 0 Å². The summed E-state index contributed by atoms with van der Waals surface area (Å²) in [6.45, 7) is 1.76. The lowest BCUT2D eigenvalue weighted by Crippen LogP contribution is -2.27. The molecule has 10 heteroatoms. The van der Waals surface area contributed by atoms with E-state index in [1.54, 1.807) is 19.1 Å². The van der Waals surface area contributed by atoms with Crippen molar-refractivity contribution in [2.24, 2.45) is 0 Å². The summed E-state index contributed by atoms with van der Waals surface area (Å²) in [5, 5.41) is 45.0. The van der Waals surface area contributed by atoms with Crippen LogP contribution in [-0.4, -0.2) is 15.8 Å². The van der Waals surface area contributed by atoms with E-state index in [0.29, 0.717) is 5.56 Å². The Hall–Kier alpha value is -5.35. The normalized spacial score (nSPS) is 11.9. The monoisotopic (exact) mass is 465 g/mol. The Morgan fingerprint density at radius 1 is 0.886 bits per heavy atom. The first-order valence-electron chi connectivity index (χ1n) is 10.3. The molecule has 4 rings (SSSR count). The molecule has 10 nitrogen and oxygen atoms in total. The van der Waals surface area contributed by atoms with Gasteiger partial charge in [0, 0.05) is 35.4 Å². The molecule has 0 bridgehead atoms. The summed E-state index contributed by atoms with van der Waals surface area (Å²) in [4.78, 5) is 35.1. The van der Waals surface area contributed by atoms with E-state index in [4.69, 9.17) is 0 Å². The average molecular weight is 465 g/mol. The standard InChI is InChI=1S/C25H15N5O5/c1-14(15-5-3-2-4-6-15)28-25(31)22-11-18(30(34)35)10-21-23(16(12-26)13-27)20-9-17(29(32)33)7-8-19(20)24(21)22/h2-11,14H,1H3,(H,28,31)/t14-/m1/s1. The Bertz CT molecular complexity index is 1510. The summed E-state index contributed by atoms with van der Waals surface area (Å²) >= 11 is 0. The molecule has 0 aliphatic heterocycles. The van der Waals surface area contributed by atoms with Crippen LogP contribution in [0.2, 0.25) is 0 Å². The molecule has 0 saturated carbocycles. The fraction of sp³-hybridized carbons (Fsp3) is 0.0800. The van der Waals surface area contributed by atoms with Crippen LogP contribution in [0.1, 0.15) is 40.0 Å². The topological polar surface area (TPSA) is 163 Å². The molecule has 170 valence electrons. The number of hydrogen-bond acceptors (Lipinski definition) is 7. The maximum absolute atomic E-state index is 13.4. The van der Waals surface area contributed by atoms with Gasteiger partial charge in [0.05, 0.1) is 21.5 Å². The van der Waals surface area contributed by atoms with Gasteiger partial charge in [-0.3, -0.25) is 25.0 Å². The van der Waals surface area contributed by atoms with Crippen LogP contribution in [0.15, 0.2) is 66.2 Å². The van der Waals surface area contributed by atoms with Crippen molar-refractivity contribution in [3.8, 4) is 23.3 Å². The third kappa shape index (κ3) is 3.96. The van der Waals surface area contributed by atoms with E-state index in [0.717, 1.165) is 11.6 Å². The molecule has 0 fully saturated rings.